The molecule has 138 valence electrons. The molecule has 0 bridgehead atoms. The van der Waals surface area contributed by atoms with E-state index in [0.29, 0.717) is 25.9 Å². The molecule has 4 N–H and O–H groups in total. The monoisotopic (exact) mass is 356 g/mol. The molecule has 0 radical (unpaired) electrons. The quantitative estimate of drug-likeness (QED) is 0.524. The average molecular weight is 356 g/mol. The van der Waals surface area contributed by atoms with Crippen molar-refractivity contribution in [3.63, 3.8) is 0 Å². The van der Waals surface area contributed by atoms with Gasteiger partial charge in [-0.1, -0.05) is 60.7 Å². The summed E-state index contributed by atoms with van der Waals surface area (Å²) in [4.78, 5) is 23.7. The van der Waals surface area contributed by atoms with E-state index in [1.807, 2.05) is 60.7 Å². The van der Waals surface area contributed by atoms with Gasteiger partial charge in [0, 0.05) is 13.1 Å². The Morgan fingerprint density at radius 2 is 1.04 bits per heavy atom. The first-order chi connectivity index (χ1) is 12.6. The highest BCUT2D eigenvalue weighted by atomic mass is 16.3. The molecule has 0 spiro atoms. The summed E-state index contributed by atoms with van der Waals surface area (Å²) in [5, 5.41) is 24.7. The Morgan fingerprint density at radius 3 is 1.38 bits per heavy atom. The van der Waals surface area contributed by atoms with Crippen molar-refractivity contribution >= 4 is 11.8 Å². The molecule has 2 unspecified atom stereocenters. The predicted octanol–water partition coefficient (Wildman–Crippen LogP) is 0.426. The molecule has 0 heterocycles. The van der Waals surface area contributed by atoms with Crippen LogP contribution in [-0.2, 0) is 22.4 Å². The van der Waals surface area contributed by atoms with E-state index < -0.39 is 24.0 Å². The average Bonchev–Trinajstić information content (AvgIpc) is 2.68. The van der Waals surface area contributed by atoms with E-state index in [1.165, 1.54) is 0 Å². The van der Waals surface area contributed by atoms with Gasteiger partial charge in [-0.25, -0.2) is 0 Å². The summed E-state index contributed by atoms with van der Waals surface area (Å²) in [6.45, 7) is 0.616. The van der Waals surface area contributed by atoms with Crippen LogP contribution >= 0.6 is 0 Å². The molecule has 6 nitrogen and oxygen atoms in total. The Kier molecular flexibility index (Phi) is 7.79. The van der Waals surface area contributed by atoms with Gasteiger partial charge in [-0.05, 0) is 24.0 Å². The van der Waals surface area contributed by atoms with Crippen LogP contribution in [0.5, 0.6) is 0 Å². The number of amides is 2. The number of aliphatic hydroxyl groups is 2. The maximum Gasteiger partial charge on any atom is 0.252 e. The smallest absolute Gasteiger partial charge is 0.252 e. The Bertz CT molecular complexity index is 630. The maximum absolute atomic E-state index is 11.9. The number of carbonyl (C=O) groups excluding carboxylic acids is 2. The molecule has 0 aliphatic carbocycles. The first-order valence-corrected chi connectivity index (χ1v) is 8.57. The first kappa shape index (κ1) is 19.6. The second-order valence-electron chi connectivity index (χ2n) is 5.94. The van der Waals surface area contributed by atoms with Gasteiger partial charge in [-0.3, -0.25) is 9.59 Å². The third-order valence-corrected chi connectivity index (χ3v) is 3.95. The minimum absolute atomic E-state index is 0.308. The fourth-order valence-electron chi connectivity index (χ4n) is 2.45. The van der Waals surface area contributed by atoms with Crippen molar-refractivity contribution in [3.05, 3.63) is 71.8 Å². The summed E-state index contributed by atoms with van der Waals surface area (Å²) < 4.78 is 0. The highest BCUT2D eigenvalue weighted by molar-refractivity contribution is 5.90. The van der Waals surface area contributed by atoms with E-state index in [4.69, 9.17) is 0 Å². The molecule has 0 fully saturated rings. The number of nitrogens with one attached hydrogen (secondary N) is 2. The second-order valence-corrected chi connectivity index (χ2v) is 5.94. The number of hydrogen-bond acceptors (Lipinski definition) is 4. The zero-order valence-corrected chi connectivity index (χ0v) is 14.5. The minimum atomic E-state index is -1.80. The molecule has 2 rings (SSSR count). The summed E-state index contributed by atoms with van der Waals surface area (Å²) >= 11 is 0. The van der Waals surface area contributed by atoms with Crippen molar-refractivity contribution in [1.29, 1.82) is 0 Å². The lowest BCUT2D eigenvalue weighted by Crippen LogP contribution is -2.50. The van der Waals surface area contributed by atoms with E-state index in [-0.39, 0.29) is 0 Å². The molecule has 2 atom stereocenters. The highest BCUT2D eigenvalue weighted by Gasteiger charge is 2.29. The third kappa shape index (κ3) is 6.31. The van der Waals surface area contributed by atoms with Crippen LogP contribution in [0.2, 0.25) is 0 Å². The molecule has 6 heteroatoms. The van der Waals surface area contributed by atoms with Crippen LogP contribution < -0.4 is 10.6 Å². The first-order valence-electron chi connectivity index (χ1n) is 8.57. The largest absolute Gasteiger partial charge is 0.380 e. The van der Waals surface area contributed by atoms with Crippen molar-refractivity contribution in [3.8, 4) is 0 Å². The van der Waals surface area contributed by atoms with Crippen molar-refractivity contribution in [2.75, 3.05) is 13.1 Å². The topological polar surface area (TPSA) is 98.7 Å². The number of benzene rings is 2. The third-order valence-electron chi connectivity index (χ3n) is 3.95. The fourth-order valence-corrected chi connectivity index (χ4v) is 2.45. The van der Waals surface area contributed by atoms with Gasteiger partial charge < -0.3 is 20.8 Å². The Balaban J connectivity index is 1.69. The van der Waals surface area contributed by atoms with Gasteiger partial charge in [0.1, 0.15) is 0 Å². The van der Waals surface area contributed by atoms with E-state index in [1.54, 1.807) is 0 Å². The van der Waals surface area contributed by atoms with Gasteiger partial charge >= 0.3 is 0 Å². The number of hydrogen-bond donors (Lipinski definition) is 4. The van der Waals surface area contributed by atoms with E-state index in [0.717, 1.165) is 11.1 Å². The molecule has 0 aromatic heterocycles. The molecular formula is C20H24N2O4. The molecule has 0 saturated carbocycles. The van der Waals surface area contributed by atoms with Crippen molar-refractivity contribution in [1.82, 2.24) is 10.6 Å². The standard InChI is InChI=1S/C20H24N2O4/c23-17(19(25)21-13-11-15-7-3-1-4-8-15)18(24)20(26)22-14-12-16-9-5-2-6-10-16/h1-10,17-18,23-24H,11-14H2,(H,21,25)(H,22,26). The molecule has 2 amide bonds. The summed E-state index contributed by atoms with van der Waals surface area (Å²) in [7, 11) is 0. The molecule has 2 aromatic carbocycles. The van der Waals surface area contributed by atoms with Gasteiger partial charge in [0.25, 0.3) is 11.8 Å². The predicted molar refractivity (Wildman–Crippen MR) is 98.3 cm³/mol. The van der Waals surface area contributed by atoms with Crippen LogP contribution in [0.3, 0.4) is 0 Å². The lowest BCUT2D eigenvalue weighted by Gasteiger charge is -2.17. The van der Waals surface area contributed by atoms with Gasteiger partial charge in [-0.2, -0.15) is 0 Å². The van der Waals surface area contributed by atoms with E-state index >= 15 is 0 Å². The van der Waals surface area contributed by atoms with E-state index in [9.17, 15) is 19.8 Å². The molecule has 26 heavy (non-hydrogen) atoms. The molecule has 0 aliphatic rings. The Hall–Kier alpha value is -2.70. The van der Waals surface area contributed by atoms with Crippen LogP contribution in [0.15, 0.2) is 60.7 Å². The normalized spacial score (nSPS) is 12.8. The fraction of sp³-hybridized carbons (Fsp3) is 0.300. The highest BCUT2D eigenvalue weighted by Crippen LogP contribution is 2.01. The maximum atomic E-state index is 11.9. The summed E-state index contributed by atoms with van der Waals surface area (Å²) in [6, 6.07) is 19.1. The van der Waals surface area contributed by atoms with Crippen molar-refractivity contribution < 1.29 is 19.8 Å². The SMILES string of the molecule is O=C(NCCc1ccccc1)C(O)C(O)C(=O)NCCc1ccccc1. The van der Waals surface area contributed by atoms with Crippen molar-refractivity contribution in [2.45, 2.75) is 25.0 Å². The molecule has 0 aliphatic heterocycles. The van der Waals surface area contributed by atoms with Gasteiger partial charge in [0.2, 0.25) is 0 Å². The van der Waals surface area contributed by atoms with Gasteiger partial charge in [-0.15, -0.1) is 0 Å². The summed E-state index contributed by atoms with van der Waals surface area (Å²) in [6.07, 6.45) is -2.41. The zero-order chi connectivity index (χ0) is 18.8. The lowest BCUT2D eigenvalue weighted by molar-refractivity contribution is -0.146. The number of aliphatic hydroxyl groups excluding tert-OH is 2. The van der Waals surface area contributed by atoms with Crippen molar-refractivity contribution in [2.24, 2.45) is 0 Å². The summed E-state index contributed by atoms with van der Waals surface area (Å²) in [5.41, 5.74) is 2.09. The van der Waals surface area contributed by atoms with Crippen LogP contribution in [0.4, 0.5) is 0 Å². The molecular weight excluding hydrogens is 332 g/mol. The number of carbonyl (C=O) groups is 2. The van der Waals surface area contributed by atoms with Gasteiger partial charge in [0.15, 0.2) is 12.2 Å². The molecule has 0 saturated heterocycles. The Labute approximate surface area is 152 Å². The van der Waals surface area contributed by atoms with Crippen LogP contribution in [0, 0.1) is 0 Å². The van der Waals surface area contributed by atoms with Crippen LogP contribution in [0.1, 0.15) is 11.1 Å². The van der Waals surface area contributed by atoms with Crippen LogP contribution in [-0.4, -0.2) is 47.3 Å². The van der Waals surface area contributed by atoms with E-state index in [2.05, 4.69) is 10.6 Å². The second kappa shape index (κ2) is 10.3. The zero-order valence-electron chi connectivity index (χ0n) is 14.5. The Morgan fingerprint density at radius 1 is 0.692 bits per heavy atom. The minimum Gasteiger partial charge on any atom is -0.380 e. The molecule has 2 aromatic rings. The summed E-state index contributed by atoms with van der Waals surface area (Å²) in [5.74, 6) is -1.54. The lowest BCUT2D eigenvalue weighted by atomic mass is 10.1. The van der Waals surface area contributed by atoms with Crippen LogP contribution in [0.25, 0.3) is 0 Å². The van der Waals surface area contributed by atoms with Gasteiger partial charge in [0.05, 0.1) is 0 Å². The number of rotatable bonds is 9.